The van der Waals surface area contributed by atoms with Gasteiger partial charge >= 0.3 is 0 Å². The molecule has 1 aromatic rings. The van der Waals surface area contributed by atoms with Gasteiger partial charge in [0, 0.05) is 0 Å². The van der Waals surface area contributed by atoms with Gasteiger partial charge in [0.2, 0.25) is 0 Å². The minimum atomic E-state index is 0.799. The maximum Gasteiger partial charge on any atom is -0.00431 e. The normalized spacial score (nSPS) is 16.7. The molecule has 84 valence electrons. The standard InChI is InChI=1S/C11H15N.C3H8/c1-2-4-10(5-3-1)11-6-8-12-9-7-11;1-3-2/h1-5,11-12H,6-9H2;3H2,1-2H3. The lowest BCUT2D eigenvalue weighted by Crippen LogP contribution is -2.26. The number of benzene rings is 1. The molecular formula is C14H23N. The highest BCUT2D eigenvalue weighted by Crippen LogP contribution is 2.24. The highest BCUT2D eigenvalue weighted by atomic mass is 14.9. The lowest BCUT2D eigenvalue weighted by Gasteiger charge is -2.22. The summed E-state index contributed by atoms with van der Waals surface area (Å²) in [7, 11) is 0. The molecule has 0 unspecified atom stereocenters. The Labute approximate surface area is 93.9 Å². The van der Waals surface area contributed by atoms with E-state index >= 15 is 0 Å². The van der Waals surface area contributed by atoms with Crippen LogP contribution in [0.4, 0.5) is 0 Å². The van der Waals surface area contributed by atoms with E-state index in [0.29, 0.717) is 0 Å². The van der Waals surface area contributed by atoms with Gasteiger partial charge < -0.3 is 5.32 Å². The van der Waals surface area contributed by atoms with Crippen molar-refractivity contribution in [2.45, 2.75) is 39.0 Å². The van der Waals surface area contributed by atoms with Crippen LogP contribution in [0, 0.1) is 0 Å². The Balaban J connectivity index is 0.000000337. The fourth-order valence-electron chi connectivity index (χ4n) is 1.88. The molecule has 0 atom stereocenters. The van der Waals surface area contributed by atoms with Gasteiger partial charge in [0.05, 0.1) is 0 Å². The molecule has 2 rings (SSSR count). The fourth-order valence-corrected chi connectivity index (χ4v) is 1.88. The first-order valence-electron chi connectivity index (χ1n) is 6.14. The molecule has 1 aliphatic rings. The van der Waals surface area contributed by atoms with E-state index in [4.69, 9.17) is 0 Å². The molecular weight excluding hydrogens is 182 g/mol. The zero-order chi connectivity index (χ0) is 10.9. The number of piperidine rings is 1. The Hall–Kier alpha value is -0.820. The Morgan fingerprint density at radius 3 is 2.13 bits per heavy atom. The summed E-state index contributed by atoms with van der Waals surface area (Å²) in [5.74, 6) is 0.799. The molecule has 0 aliphatic carbocycles. The SMILES string of the molecule is CCC.c1ccc(C2CCNCC2)cc1. The van der Waals surface area contributed by atoms with Crippen molar-refractivity contribution in [3.63, 3.8) is 0 Å². The third-order valence-corrected chi connectivity index (χ3v) is 2.61. The molecule has 1 aromatic carbocycles. The third kappa shape index (κ3) is 4.48. The molecule has 0 aromatic heterocycles. The highest BCUT2D eigenvalue weighted by molar-refractivity contribution is 5.19. The molecule has 1 nitrogen and oxygen atoms in total. The number of hydrogen-bond donors (Lipinski definition) is 1. The molecule has 0 radical (unpaired) electrons. The van der Waals surface area contributed by atoms with Crippen LogP contribution in [-0.4, -0.2) is 13.1 Å². The molecule has 15 heavy (non-hydrogen) atoms. The van der Waals surface area contributed by atoms with Crippen LogP contribution in [0.15, 0.2) is 30.3 Å². The molecule has 0 amide bonds. The molecule has 1 fully saturated rings. The monoisotopic (exact) mass is 205 g/mol. The van der Waals surface area contributed by atoms with Gasteiger partial charge in [0.15, 0.2) is 0 Å². The lowest BCUT2D eigenvalue weighted by atomic mass is 9.90. The van der Waals surface area contributed by atoms with Gasteiger partial charge in [-0.3, -0.25) is 0 Å². The zero-order valence-electron chi connectivity index (χ0n) is 10.00. The molecule has 0 saturated carbocycles. The van der Waals surface area contributed by atoms with Crippen molar-refractivity contribution in [3.8, 4) is 0 Å². The van der Waals surface area contributed by atoms with Crippen LogP contribution in [0.5, 0.6) is 0 Å². The molecule has 1 N–H and O–H groups in total. The second kappa shape index (κ2) is 7.47. The second-order valence-corrected chi connectivity index (χ2v) is 4.14. The first kappa shape index (κ1) is 12.3. The third-order valence-electron chi connectivity index (χ3n) is 2.61. The van der Waals surface area contributed by atoms with Crippen LogP contribution in [0.1, 0.15) is 44.6 Å². The fraction of sp³-hybridized carbons (Fsp3) is 0.571. The first-order valence-corrected chi connectivity index (χ1v) is 6.14. The summed E-state index contributed by atoms with van der Waals surface area (Å²) in [6.45, 7) is 6.61. The first-order chi connectivity index (χ1) is 7.38. The number of rotatable bonds is 1. The van der Waals surface area contributed by atoms with Crippen molar-refractivity contribution in [1.82, 2.24) is 5.32 Å². The van der Waals surface area contributed by atoms with Gasteiger partial charge in [0.1, 0.15) is 0 Å². The van der Waals surface area contributed by atoms with Gasteiger partial charge in [-0.15, -0.1) is 0 Å². The van der Waals surface area contributed by atoms with Crippen LogP contribution < -0.4 is 5.32 Å². The van der Waals surface area contributed by atoms with Crippen molar-refractivity contribution >= 4 is 0 Å². The van der Waals surface area contributed by atoms with E-state index in [0.717, 1.165) is 5.92 Å². The second-order valence-electron chi connectivity index (χ2n) is 4.14. The molecule has 1 aliphatic heterocycles. The summed E-state index contributed by atoms with van der Waals surface area (Å²) in [5.41, 5.74) is 1.51. The van der Waals surface area contributed by atoms with Crippen LogP contribution in [0.2, 0.25) is 0 Å². The van der Waals surface area contributed by atoms with E-state index in [1.807, 2.05) is 0 Å². The topological polar surface area (TPSA) is 12.0 Å². The highest BCUT2D eigenvalue weighted by Gasteiger charge is 2.13. The van der Waals surface area contributed by atoms with E-state index in [1.165, 1.54) is 37.9 Å². The van der Waals surface area contributed by atoms with Crippen molar-refractivity contribution in [2.24, 2.45) is 0 Å². The van der Waals surface area contributed by atoms with E-state index in [2.05, 4.69) is 49.5 Å². The van der Waals surface area contributed by atoms with Gasteiger partial charge in [0.25, 0.3) is 0 Å². The summed E-state index contributed by atoms with van der Waals surface area (Å²) in [6, 6.07) is 10.9. The smallest absolute Gasteiger partial charge is 0.00431 e. The van der Waals surface area contributed by atoms with E-state index in [-0.39, 0.29) is 0 Å². The lowest BCUT2D eigenvalue weighted by molar-refractivity contribution is 0.460. The summed E-state index contributed by atoms with van der Waals surface area (Å²) >= 11 is 0. The number of hydrogen-bond acceptors (Lipinski definition) is 1. The van der Waals surface area contributed by atoms with Crippen molar-refractivity contribution in [3.05, 3.63) is 35.9 Å². The largest absolute Gasteiger partial charge is 0.317 e. The Kier molecular flexibility index (Phi) is 6.10. The summed E-state index contributed by atoms with van der Waals surface area (Å²) in [6.07, 6.45) is 3.84. The van der Waals surface area contributed by atoms with Crippen LogP contribution >= 0.6 is 0 Å². The average Bonchev–Trinajstić information content (AvgIpc) is 2.32. The van der Waals surface area contributed by atoms with Crippen LogP contribution in [-0.2, 0) is 0 Å². The van der Waals surface area contributed by atoms with Gasteiger partial charge in [-0.1, -0.05) is 50.6 Å². The minimum Gasteiger partial charge on any atom is -0.317 e. The van der Waals surface area contributed by atoms with Gasteiger partial charge in [-0.2, -0.15) is 0 Å². The molecule has 1 saturated heterocycles. The van der Waals surface area contributed by atoms with Crippen LogP contribution in [0.25, 0.3) is 0 Å². The molecule has 1 heterocycles. The quantitative estimate of drug-likeness (QED) is 0.739. The van der Waals surface area contributed by atoms with Gasteiger partial charge in [-0.05, 0) is 37.4 Å². The summed E-state index contributed by atoms with van der Waals surface area (Å²) in [5, 5.41) is 3.38. The average molecular weight is 205 g/mol. The summed E-state index contributed by atoms with van der Waals surface area (Å²) < 4.78 is 0. The minimum absolute atomic E-state index is 0.799. The van der Waals surface area contributed by atoms with E-state index < -0.39 is 0 Å². The van der Waals surface area contributed by atoms with Crippen molar-refractivity contribution in [1.29, 1.82) is 0 Å². The Bertz CT molecular complexity index is 237. The van der Waals surface area contributed by atoms with Gasteiger partial charge in [-0.25, -0.2) is 0 Å². The predicted octanol–water partition coefficient (Wildman–Crippen LogP) is 3.57. The van der Waals surface area contributed by atoms with Crippen molar-refractivity contribution in [2.75, 3.05) is 13.1 Å². The molecule has 0 spiro atoms. The Morgan fingerprint density at radius 1 is 1.07 bits per heavy atom. The number of nitrogens with one attached hydrogen (secondary N) is 1. The maximum atomic E-state index is 3.38. The molecule has 0 bridgehead atoms. The molecule has 1 heteroatoms. The predicted molar refractivity (Wildman–Crippen MR) is 67.3 cm³/mol. The van der Waals surface area contributed by atoms with Crippen molar-refractivity contribution < 1.29 is 0 Å². The van der Waals surface area contributed by atoms with E-state index in [1.54, 1.807) is 0 Å². The zero-order valence-corrected chi connectivity index (χ0v) is 10.00. The maximum absolute atomic E-state index is 3.38. The van der Waals surface area contributed by atoms with Crippen LogP contribution in [0.3, 0.4) is 0 Å². The summed E-state index contributed by atoms with van der Waals surface area (Å²) in [4.78, 5) is 0. The van der Waals surface area contributed by atoms with E-state index in [9.17, 15) is 0 Å². The Morgan fingerprint density at radius 2 is 1.60 bits per heavy atom.